The van der Waals surface area contributed by atoms with Crippen molar-refractivity contribution in [1.29, 1.82) is 0 Å². The first-order valence-electron chi connectivity index (χ1n) is 14.2. The van der Waals surface area contributed by atoms with Crippen LogP contribution in [0.15, 0.2) is 120 Å². The zero-order valence-corrected chi connectivity index (χ0v) is 24.7. The zero-order chi connectivity index (χ0) is 30.1. The monoisotopic (exact) mass is 604 g/mol. The van der Waals surface area contributed by atoms with Gasteiger partial charge in [-0.2, -0.15) is 8.42 Å². The third-order valence-corrected chi connectivity index (χ3v) is 8.45. The summed E-state index contributed by atoms with van der Waals surface area (Å²) in [6, 6.07) is 35.0. The molecule has 1 aliphatic rings. The summed E-state index contributed by atoms with van der Waals surface area (Å²) < 4.78 is 57.1. The minimum atomic E-state index is -4.29. The van der Waals surface area contributed by atoms with Crippen LogP contribution >= 0.6 is 0 Å². The molecule has 0 aliphatic carbocycles. The second-order valence-electron chi connectivity index (χ2n) is 10.4. The molecule has 0 aromatic heterocycles. The van der Waals surface area contributed by atoms with Gasteiger partial charge in [-0.3, -0.25) is 4.18 Å². The van der Waals surface area contributed by atoms with Gasteiger partial charge in [0.25, 0.3) is 10.1 Å². The van der Waals surface area contributed by atoms with E-state index in [9.17, 15) is 13.5 Å². The lowest BCUT2D eigenvalue weighted by Crippen LogP contribution is -2.61. The molecule has 0 amide bonds. The normalized spacial score (nSPS) is 22.3. The maximum atomic E-state index is 13.4. The quantitative estimate of drug-likeness (QED) is 0.209. The highest BCUT2D eigenvalue weighted by molar-refractivity contribution is 7.86. The predicted octanol–water partition coefficient (Wildman–Crippen LogP) is 5.17. The van der Waals surface area contributed by atoms with E-state index in [1.807, 2.05) is 97.9 Å². The number of hydrogen-bond donors (Lipinski definition) is 1. The molecule has 4 aromatic carbocycles. The Morgan fingerprint density at radius 3 is 1.67 bits per heavy atom. The van der Waals surface area contributed by atoms with E-state index in [0.717, 1.165) is 22.3 Å². The van der Waals surface area contributed by atoms with Crippen molar-refractivity contribution in [3.8, 4) is 0 Å². The SMILES string of the molecule is Cc1ccc(S(=O)(=O)O[C@H]2C(O)O[C@H](COCc3ccccc3)[C@@H](OCc3ccccc3)[C@@H]2OCc2ccccc2)cc1. The van der Waals surface area contributed by atoms with Gasteiger partial charge in [0.2, 0.25) is 0 Å². The molecule has 43 heavy (non-hydrogen) atoms. The number of benzene rings is 4. The Morgan fingerprint density at radius 1 is 0.651 bits per heavy atom. The third kappa shape index (κ3) is 8.58. The molecule has 0 spiro atoms. The van der Waals surface area contributed by atoms with Crippen LogP contribution in [-0.2, 0) is 53.1 Å². The van der Waals surface area contributed by atoms with Gasteiger partial charge in [0.15, 0.2) is 12.4 Å². The molecule has 1 unspecified atom stereocenters. The van der Waals surface area contributed by atoms with Crippen molar-refractivity contribution in [2.45, 2.75) is 62.3 Å². The van der Waals surface area contributed by atoms with Crippen molar-refractivity contribution in [3.63, 3.8) is 0 Å². The van der Waals surface area contributed by atoms with Crippen molar-refractivity contribution >= 4 is 10.1 Å². The molecule has 4 aromatic rings. The highest BCUT2D eigenvalue weighted by Gasteiger charge is 2.50. The summed E-state index contributed by atoms with van der Waals surface area (Å²) in [6.45, 7) is 2.57. The molecule has 0 saturated carbocycles. The first kappa shape index (κ1) is 31.0. The van der Waals surface area contributed by atoms with E-state index in [1.165, 1.54) is 12.1 Å². The minimum absolute atomic E-state index is 0.0396. The molecule has 1 N–H and O–H groups in total. The minimum Gasteiger partial charge on any atom is -0.374 e. The molecule has 9 heteroatoms. The molecule has 5 rings (SSSR count). The number of rotatable bonds is 13. The van der Waals surface area contributed by atoms with Crippen molar-refractivity contribution in [2.75, 3.05) is 6.61 Å². The van der Waals surface area contributed by atoms with Crippen LogP contribution in [0.5, 0.6) is 0 Å². The Labute approximate surface area is 252 Å². The summed E-state index contributed by atoms with van der Waals surface area (Å²) in [5.41, 5.74) is 3.64. The lowest BCUT2D eigenvalue weighted by molar-refractivity contribution is -0.301. The van der Waals surface area contributed by atoms with E-state index in [4.69, 9.17) is 23.1 Å². The van der Waals surface area contributed by atoms with E-state index in [2.05, 4.69) is 0 Å². The number of hydrogen-bond acceptors (Lipinski definition) is 8. The Balaban J connectivity index is 1.42. The van der Waals surface area contributed by atoms with Crippen LogP contribution in [0.25, 0.3) is 0 Å². The fourth-order valence-corrected chi connectivity index (χ4v) is 5.91. The smallest absolute Gasteiger partial charge is 0.297 e. The summed E-state index contributed by atoms with van der Waals surface area (Å²) in [5, 5.41) is 11.2. The molecule has 1 heterocycles. The number of ether oxygens (including phenoxy) is 4. The van der Waals surface area contributed by atoms with Gasteiger partial charge in [0.1, 0.15) is 18.3 Å². The number of aliphatic hydroxyl groups excluding tert-OH is 1. The van der Waals surface area contributed by atoms with E-state index in [1.54, 1.807) is 12.1 Å². The van der Waals surface area contributed by atoms with Crippen molar-refractivity contribution in [3.05, 3.63) is 138 Å². The molecular formula is C34H36O8S. The molecule has 1 saturated heterocycles. The van der Waals surface area contributed by atoms with Crippen molar-refractivity contribution < 1.29 is 36.7 Å². The Hall–Kier alpha value is -3.41. The van der Waals surface area contributed by atoms with Gasteiger partial charge in [-0.1, -0.05) is 109 Å². The Morgan fingerprint density at radius 2 is 1.14 bits per heavy atom. The van der Waals surface area contributed by atoms with Gasteiger partial charge < -0.3 is 24.1 Å². The summed E-state index contributed by atoms with van der Waals surface area (Å²) >= 11 is 0. The topological polar surface area (TPSA) is 101 Å². The van der Waals surface area contributed by atoms with Crippen LogP contribution in [0, 0.1) is 6.92 Å². The third-order valence-electron chi connectivity index (χ3n) is 7.12. The molecule has 8 nitrogen and oxygen atoms in total. The molecule has 5 atom stereocenters. The van der Waals surface area contributed by atoms with E-state index in [-0.39, 0.29) is 24.7 Å². The lowest BCUT2D eigenvalue weighted by Gasteiger charge is -2.44. The molecular weight excluding hydrogens is 568 g/mol. The average Bonchev–Trinajstić information content (AvgIpc) is 3.02. The van der Waals surface area contributed by atoms with Crippen LogP contribution in [0.4, 0.5) is 0 Å². The predicted molar refractivity (Wildman–Crippen MR) is 160 cm³/mol. The van der Waals surface area contributed by atoms with E-state index >= 15 is 0 Å². The first-order valence-corrected chi connectivity index (χ1v) is 15.6. The molecule has 0 radical (unpaired) electrons. The maximum absolute atomic E-state index is 13.4. The van der Waals surface area contributed by atoms with Gasteiger partial charge in [-0.25, -0.2) is 0 Å². The lowest BCUT2D eigenvalue weighted by atomic mass is 9.98. The van der Waals surface area contributed by atoms with Gasteiger partial charge in [-0.15, -0.1) is 0 Å². The van der Waals surface area contributed by atoms with Gasteiger partial charge in [0, 0.05) is 0 Å². The van der Waals surface area contributed by atoms with Crippen LogP contribution in [0.2, 0.25) is 0 Å². The fraction of sp³-hybridized carbons (Fsp3) is 0.294. The van der Waals surface area contributed by atoms with Crippen molar-refractivity contribution in [1.82, 2.24) is 0 Å². The number of aryl methyl sites for hydroxylation is 1. The van der Waals surface area contributed by atoms with Crippen LogP contribution < -0.4 is 0 Å². The van der Waals surface area contributed by atoms with Gasteiger partial charge in [-0.05, 0) is 35.7 Å². The standard InChI is InChI=1S/C34H36O8S/c1-25-17-19-29(20-18-25)43(36,37)42-33-32(40-23-28-15-9-4-10-16-28)31(39-22-27-13-7-3-8-14-27)30(41-34(33)35)24-38-21-26-11-5-2-6-12-26/h2-20,30-35H,21-24H2,1H3/t30-,31-,32+,33-,34?/m1/s1. The first-order chi connectivity index (χ1) is 20.9. The largest absolute Gasteiger partial charge is 0.374 e. The summed E-state index contributed by atoms with van der Waals surface area (Å²) in [7, 11) is -4.29. The second kappa shape index (κ2) is 14.9. The fourth-order valence-electron chi connectivity index (χ4n) is 4.83. The molecule has 1 aliphatic heterocycles. The van der Waals surface area contributed by atoms with Crippen LogP contribution in [-0.4, -0.2) is 50.8 Å². The molecule has 0 bridgehead atoms. The zero-order valence-electron chi connectivity index (χ0n) is 23.9. The van der Waals surface area contributed by atoms with Crippen LogP contribution in [0.1, 0.15) is 22.3 Å². The summed E-state index contributed by atoms with van der Waals surface area (Å²) in [5.74, 6) is 0. The maximum Gasteiger partial charge on any atom is 0.297 e. The molecule has 1 fully saturated rings. The van der Waals surface area contributed by atoms with E-state index < -0.39 is 40.8 Å². The highest BCUT2D eigenvalue weighted by atomic mass is 32.2. The molecule has 226 valence electrons. The highest BCUT2D eigenvalue weighted by Crippen LogP contribution is 2.31. The number of aliphatic hydroxyl groups is 1. The summed E-state index contributed by atoms with van der Waals surface area (Å²) in [6.07, 6.45) is -5.71. The van der Waals surface area contributed by atoms with Gasteiger partial charge in [0.05, 0.1) is 31.3 Å². The van der Waals surface area contributed by atoms with Crippen LogP contribution in [0.3, 0.4) is 0 Å². The summed E-state index contributed by atoms with van der Waals surface area (Å²) in [4.78, 5) is -0.0396. The Bertz CT molecular complexity index is 1500. The van der Waals surface area contributed by atoms with Crippen molar-refractivity contribution in [2.24, 2.45) is 0 Å². The van der Waals surface area contributed by atoms with E-state index in [0.29, 0.717) is 6.61 Å². The van der Waals surface area contributed by atoms with Gasteiger partial charge >= 0.3 is 0 Å². The Kier molecular flexibility index (Phi) is 10.7. The average molecular weight is 605 g/mol. The second-order valence-corrected chi connectivity index (χ2v) is 12.0.